The van der Waals surface area contributed by atoms with Crippen LogP contribution in [0.3, 0.4) is 0 Å². The van der Waals surface area contributed by atoms with Gasteiger partial charge in [0.15, 0.2) is 0 Å². The second-order valence-corrected chi connectivity index (χ2v) is 9.30. The molecule has 5 aliphatic carbocycles. The summed E-state index contributed by atoms with van der Waals surface area (Å²) in [6.45, 7) is 8.63. The quantitative estimate of drug-likeness (QED) is 0.760. The summed E-state index contributed by atoms with van der Waals surface area (Å²) in [7, 11) is 0. The van der Waals surface area contributed by atoms with Crippen LogP contribution in [0.5, 0.6) is 0 Å². The van der Waals surface area contributed by atoms with Gasteiger partial charge in [-0.15, -0.1) is 0 Å². The van der Waals surface area contributed by atoms with Crippen LogP contribution >= 0.6 is 0 Å². The Labute approximate surface area is 141 Å². The molecule has 5 fully saturated rings. The number of hydrogen-bond donors (Lipinski definition) is 1. The average molecular weight is 316 g/mol. The van der Waals surface area contributed by atoms with Gasteiger partial charge in [0.1, 0.15) is 0 Å². The minimum absolute atomic E-state index is 0.0721. The van der Waals surface area contributed by atoms with E-state index >= 15 is 0 Å². The Balaban J connectivity index is 1.73. The second-order valence-electron chi connectivity index (χ2n) is 9.30. The topological polar surface area (TPSA) is 29.1 Å². The van der Waals surface area contributed by atoms with Gasteiger partial charge in [0, 0.05) is 5.54 Å². The molecule has 0 aliphatic heterocycles. The first-order valence-corrected chi connectivity index (χ1v) is 9.99. The number of carbonyl (C=O) groups excluding carboxylic acids is 1. The summed E-state index contributed by atoms with van der Waals surface area (Å²) < 4.78 is 0. The van der Waals surface area contributed by atoms with Crippen LogP contribution in [0.2, 0.25) is 0 Å². The van der Waals surface area contributed by atoms with Crippen LogP contribution < -0.4 is 5.32 Å². The SMILES string of the molecule is C=CC(=O)NC1(C2CCCC(C)C2C)C2CC3CC(C2)CC1C3. The van der Waals surface area contributed by atoms with Crippen molar-refractivity contribution >= 4 is 5.91 Å². The molecule has 1 amide bonds. The molecule has 5 rings (SSSR count). The highest BCUT2D eigenvalue weighted by atomic mass is 16.1. The van der Waals surface area contributed by atoms with Crippen molar-refractivity contribution in [2.75, 3.05) is 0 Å². The van der Waals surface area contributed by atoms with Gasteiger partial charge in [-0.2, -0.15) is 0 Å². The maximum Gasteiger partial charge on any atom is 0.243 e. The van der Waals surface area contributed by atoms with Gasteiger partial charge >= 0.3 is 0 Å². The van der Waals surface area contributed by atoms with Gasteiger partial charge in [0.25, 0.3) is 0 Å². The molecule has 3 unspecified atom stereocenters. The van der Waals surface area contributed by atoms with E-state index in [1.165, 1.54) is 57.4 Å². The monoisotopic (exact) mass is 315 g/mol. The third kappa shape index (κ3) is 2.31. The molecule has 2 nitrogen and oxygen atoms in total. The normalized spacial score (nSPS) is 51.5. The van der Waals surface area contributed by atoms with E-state index in [4.69, 9.17) is 0 Å². The summed E-state index contributed by atoms with van der Waals surface area (Å²) in [4.78, 5) is 12.4. The van der Waals surface area contributed by atoms with Crippen molar-refractivity contribution < 1.29 is 4.79 Å². The second kappa shape index (κ2) is 5.63. The van der Waals surface area contributed by atoms with Gasteiger partial charge in [-0.05, 0) is 86.0 Å². The summed E-state index contributed by atoms with van der Waals surface area (Å²) in [5.74, 6) is 5.61. The predicted octanol–water partition coefficient (Wildman–Crippen LogP) is 4.56. The van der Waals surface area contributed by atoms with Crippen LogP contribution in [0.1, 0.15) is 65.2 Å². The lowest BCUT2D eigenvalue weighted by atomic mass is 9.43. The molecule has 0 radical (unpaired) electrons. The van der Waals surface area contributed by atoms with Gasteiger partial charge in [0.05, 0.1) is 0 Å². The Kier molecular flexibility index (Phi) is 3.85. The van der Waals surface area contributed by atoms with Crippen LogP contribution in [0.15, 0.2) is 12.7 Å². The van der Waals surface area contributed by atoms with Crippen molar-refractivity contribution in [2.45, 2.75) is 70.8 Å². The maximum atomic E-state index is 12.4. The molecule has 5 aliphatic rings. The van der Waals surface area contributed by atoms with Crippen LogP contribution in [0, 0.1) is 41.4 Å². The first-order valence-electron chi connectivity index (χ1n) is 9.99. The summed E-state index contributed by atoms with van der Waals surface area (Å²) >= 11 is 0. The van der Waals surface area contributed by atoms with E-state index in [2.05, 4.69) is 25.7 Å². The molecule has 128 valence electrons. The van der Waals surface area contributed by atoms with Crippen LogP contribution in [-0.2, 0) is 4.79 Å². The van der Waals surface area contributed by atoms with E-state index in [1.807, 2.05) is 0 Å². The largest absolute Gasteiger partial charge is 0.346 e. The predicted molar refractivity (Wildman–Crippen MR) is 93.8 cm³/mol. The molecule has 0 aromatic heterocycles. The van der Waals surface area contributed by atoms with Gasteiger partial charge in [-0.1, -0.05) is 33.3 Å². The smallest absolute Gasteiger partial charge is 0.243 e. The molecule has 5 saturated carbocycles. The highest BCUT2D eigenvalue weighted by Crippen LogP contribution is 2.62. The first-order chi connectivity index (χ1) is 11.0. The minimum Gasteiger partial charge on any atom is -0.346 e. The molecule has 0 heterocycles. The zero-order chi connectivity index (χ0) is 16.2. The van der Waals surface area contributed by atoms with E-state index in [1.54, 1.807) is 0 Å². The molecular formula is C21H33NO. The Morgan fingerprint density at radius 3 is 2.22 bits per heavy atom. The van der Waals surface area contributed by atoms with Gasteiger partial charge in [-0.3, -0.25) is 4.79 Å². The van der Waals surface area contributed by atoms with Crippen molar-refractivity contribution in [3.8, 4) is 0 Å². The minimum atomic E-state index is 0.0721. The van der Waals surface area contributed by atoms with Crippen molar-refractivity contribution in [2.24, 2.45) is 41.4 Å². The molecule has 0 saturated heterocycles. The lowest BCUT2D eigenvalue weighted by molar-refractivity contribution is -0.143. The standard InChI is InChI=1S/C21H33NO/c1-4-20(23)22-21(19-7-5-6-13(2)14(19)3)17-9-15-8-16(11-17)12-18(21)10-15/h4,13-19H,1,5-12H2,2-3H3,(H,22,23). The van der Waals surface area contributed by atoms with Crippen molar-refractivity contribution in [3.05, 3.63) is 12.7 Å². The number of hydrogen-bond acceptors (Lipinski definition) is 1. The fourth-order valence-electron chi connectivity index (χ4n) is 7.39. The molecule has 0 spiro atoms. The molecule has 0 aromatic rings. The molecule has 2 heteroatoms. The highest BCUT2D eigenvalue weighted by Gasteiger charge is 2.61. The first kappa shape index (κ1) is 15.7. The van der Waals surface area contributed by atoms with E-state index in [-0.39, 0.29) is 11.4 Å². The number of carbonyl (C=O) groups is 1. The summed E-state index contributed by atoms with van der Waals surface area (Å²) in [6, 6.07) is 0. The van der Waals surface area contributed by atoms with E-state index in [9.17, 15) is 4.79 Å². The summed E-state index contributed by atoms with van der Waals surface area (Å²) in [5, 5.41) is 3.59. The average Bonchev–Trinajstić information content (AvgIpc) is 2.53. The van der Waals surface area contributed by atoms with Gasteiger partial charge < -0.3 is 5.32 Å². The fraction of sp³-hybridized carbons (Fsp3) is 0.857. The molecule has 0 aromatic carbocycles. The number of rotatable bonds is 3. The zero-order valence-electron chi connectivity index (χ0n) is 14.9. The Hall–Kier alpha value is -0.790. The molecule has 23 heavy (non-hydrogen) atoms. The Morgan fingerprint density at radius 1 is 1.04 bits per heavy atom. The Bertz CT molecular complexity index is 468. The molecule has 3 atom stereocenters. The fourth-order valence-corrected chi connectivity index (χ4v) is 7.39. The van der Waals surface area contributed by atoms with Gasteiger partial charge in [0.2, 0.25) is 5.91 Å². The van der Waals surface area contributed by atoms with Crippen LogP contribution in [0.4, 0.5) is 0 Å². The number of nitrogens with one attached hydrogen (secondary N) is 1. The molecule has 4 bridgehead atoms. The molecule has 1 N–H and O–H groups in total. The summed E-state index contributed by atoms with van der Waals surface area (Å²) in [6.07, 6.45) is 12.4. The van der Waals surface area contributed by atoms with Crippen molar-refractivity contribution in [1.29, 1.82) is 0 Å². The summed E-state index contributed by atoms with van der Waals surface area (Å²) in [5.41, 5.74) is 0.0762. The van der Waals surface area contributed by atoms with Crippen LogP contribution in [-0.4, -0.2) is 11.4 Å². The third-order valence-corrected chi connectivity index (χ3v) is 8.33. The zero-order valence-corrected chi connectivity index (χ0v) is 14.9. The van der Waals surface area contributed by atoms with E-state index in [0.29, 0.717) is 5.92 Å². The highest BCUT2D eigenvalue weighted by molar-refractivity contribution is 5.87. The third-order valence-electron chi connectivity index (χ3n) is 8.33. The Morgan fingerprint density at radius 2 is 1.65 bits per heavy atom. The number of amides is 1. The van der Waals surface area contributed by atoms with Crippen molar-refractivity contribution in [1.82, 2.24) is 5.32 Å². The lowest BCUT2D eigenvalue weighted by Crippen LogP contribution is -2.70. The van der Waals surface area contributed by atoms with Crippen LogP contribution in [0.25, 0.3) is 0 Å². The van der Waals surface area contributed by atoms with E-state index in [0.717, 1.165) is 35.5 Å². The van der Waals surface area contributed by atoms with Gasteiger partial charge in [-0.25, -0.2) is 0 Å². The molecular weight excluding hydrogens is 282 g/mol. The van der Waals surface area contributed by atoms with Crippen molar-refractivity contribution in [3.63, 3.8) is 0 Å². The lowest BCUT2D eigenvalue weighted by Gasteiger charge is -2.65. The van der Waals surface area contributed by atoms with E-state index < -0.39 is 0 Å². The maximum absolute atomic E-state index is 12.4.